The van der Waals surface area contributed by atoms with E-state index in [1.165, 1.54) is 18.2 Å². The number of sulfonamides is 1. The van der Waals surface area contributed by atoms with Crippen LogP contribution in [0.25, 0.3) is 0 Å². The molecule has 4 N–H and O–H groups in total. The van der Waals surface area contributed by atoms with E-state index >= 15 is 0 Å². The third-order valence-electron chi connectivity index (χ3n) is 4.42. The summed E-state index contributed by atoms with van der Waals surface area (Å²) in [6.45, 7) is 3.04. The summed E-state index contributed by atoms with van der Waals surface area (Å²) >= 11 is 6.03. The first-order valence-electron chi connectivity index (χ1n) is 8.28. The Morgan fingerprint density at radius 3 is 2.64 bits per heavy atom. The quantitative estimate of drug-likeness (QED) is 0.652. The number of hydrogen-bond acceptors (Lipinski definition) is 5. The molecule has 1 saturated heterocycles. The summed E-state index contributed by atoms with van der Waals surface area (Å²) in [5.74, 6) is 0.481. The van der Waals surface area contributed by atoms with Crippen molar-refractivity contribution in [3.05, 3.63) is 23.2 Å². The van der Waals surface area contributed by atoms with Crippen LogP contribution in [0.15, 0.2) is 23.1 Å². The molecule has 1 aliphatic rings. The first-order chi connectivity index (χ1) is 11.8. The number of rotatable bonds is 7. The highest BCUT2D eigenvalue weighted by Crippen LogP contribution is 2.25. The van der Waals surface area contributed by atoms with Crippen LogP contribution in [0.5, 0.6) is 0 Å². The van der Waals surface area contributed by atoms with Gasteiger partial charge in [0.15, 0.2) is 0 Å². The van der Waals surface area contributed by atoms with Crippen molar-refractivity contribution >= 4 is 33.2 Å². The molecular weight excluding hydrogens is 364 g/mol. The highest BCUT2D eigenvalue weighted by Gasteiger charge is 2.21. The summed E-state index contributed by atoms with van der Waals surface area (Å²) in [5.41, 5.74) is 0.252. The molecule has 1 aliphatic heterocycles. The lowest BCUT2D eigenvalue weighted by molar-refractivity contribution is -0.117. The fraction of sp³-hybridized carbons (Fsp3) is 0.562. The summed E-state index contributed by atoms with van der Waals surface area (Å²) in [6, 6.07) is 3.99. The van der Waals surface area contributed by atoms with Gasteiger partial charge in [0.1, 0.15) is 0 Å². The molecule has 0 unspecified atom stereocenters. The number of likely N-dealkylation sites (tertiary alicyclic amines) is 1. The lowest BCUT2D eigenvalue weighted by Gasteiger charge is -2.31. The van der Waals surface area contributed by atoms with Crippen LogP contribution in [0.2, 0.25) is 5.02 Å². The maximum atomic E-state index is 12.2. The third kappa shape index (κ3) is 6.23. The molecule has 0 saturated carbocycles. The summed E-state index contributed by atoms with van der Waals surface area (Å²) in [5, 5.41) is 11.2. The standard InChI is InChI=1S/C16H25ClN4O3S/c1-19-7-4-12-5-8-21(9-6-12)11-16(22)20-15-10-13(25(18,23)24)2-3-14(15)17/h2-3,10,12,19H,4-9,11H2,1H3,(H,20,22)(H2,18,23,24). The van der Waals surface area contributed by atoms with Crippen molar-refractivity contribution in [3.63, 3.8) is 0 Å². The molecule has 1 aromatic carbocycles. The zero-order valence-electron chi connectivity index (χ0n) is 14.3. The van der Waals surface area contributed by atoms with Crippen LogP contribution < -0.4 is 15.8 Å². The number of nitrogens with zero attached hydrogens (tertiary/aromatic N) is 1. The second-order valence-corrected chi connectivity index (χ2v) is 8.32. The van der Waals surface area contributed by atoms with Gasteiger partial charge in [-0.25, -0.2) is 13.6 Å². The smallest absolute Gasteiger partial charge is 0.238 e. The molecule has 0 aromatic heterocycles. The normalized spacial score (nSPS) is 16.8. The number of piperidine rings is 1. The van der Waals surface area contributed by atoms with Gasteiger partial charge in [-0.05, 0) is 70.1 Å². The van der Waals surface area contributed by atoms with E-state index in [4.69, 9.17) is 16.7 Å². The Kier molecular flexibility index (Phi) is 7.21. The lowest BCUT2D eigenvalue weighted by Crippen LogP contribution is -2.39. The fourth-order valence-corrected chi connectivity index (χ4v) is 3.66. The van der Waals surface area contributed by atoms with Crippen LogP contribution >= 0.6 is 11.6 Å². The predicted octanol–water partition coefficient (Wildman–Crippen LogP) is 1.25. The Balaban J connectivity index is 1.89. The highest BCUT2D eigenvalue weighted by molar-refractivity contribution is 7.89. The molecule has 9 heteroatoms. The van der Waals surface area contributed by atoms with Crippen molar-refractivity contribution < 1.29 is 13.2 Å². The number of benzene rings is 1. The molecule has 0 bridgehead atoms. The molecule has 2 rings (SSSR count). The van der Waals surface area contributed by atoms with E-state index in [0.717, 1.165) is 38.9 Å². The van der Waals surface area contributed by atoms with Crippen molar-refractivity contribution in [1.29, 1.82) is 0 Å². The summed E-state index contributed by atoms with van der Waals surface area (Å²) in [4.78, 5) is 14.3. The highest BCUT2D eigenvalue weighted by atomic mass is 35.5. The van der Waals surface area contributed by atoms with Gasteiger partial charge in [0.2, 0.25) is 15.9 Å². The van der Waals surface area contributed by atoms with Gasteiger partial charge in [0.05, 0.1) is 22.2 Å². The van der Waals surface area contributed by atoms with E-state index in [-0.39, 0.29) is 28.1 Å². The summed E-state index contributed by atoms with van der Waals surface area (Å²) < 4.78 is 22.8. The first kappa shape index (κ1) is 20.1. The van der Waals surface area contributed by atoms with Gasteiger partial charge in [-0.15, -0.1) is 0 Å². The van der Waals surface area contributed by atoms with Gasteiger partial charge >= 0.3 is 0 Å². The van der Waals surface area contributed by atoms with Crippen LogP contribution in [0.4, 0.5) is 5.69 Å². The van der Waals surface area contributed by atoms with E-state index in [0.29, 0.717) is 5.92 Å². The van der Waals surface area contributed by atoms with Gasteiger partial charge < -0.3 is 10.6 Å². The maximum Gasteiger partial charge on any atom is 0.238 e. The zero-order valence-corrected chi connectivity index (χ0v) is 15.9. The van der Waals surface area contributed by atoms with Crippen molar-refractivity contribution in [2.45, 2.75) is 24.2 Å². The minimum atomic E-state index is -3.84. The average molecular weight is 389 g/mol. The molecule has 0 atom stereocenters. The number of carbonyl (C=O) groups excluding carboxylic acids is 1. The lowest BCUT2D eigenvalue weighted by atomic mass is 9.93. The van der Waals surface area contributed by atoms with Gasteiger partial charge in [-0.3, -0.25) is 9.69 Å². The van der Waals surface area contributed by atoms with E-state index < -0.39 is 10.0 Å². The van der Waals surface area contributed by atoms with Crippen molar-refractivity contribution in [2.24, 2.45) is 11.1 Å². The minimum Gasteiger partial charge on any atom is -0.324 e. The van der Waals surface area contributed by atoms with Gasteiger partial charge in [-0.1, -0.05) is 11.6 Å². The van der Waals surface area contributed by atoms with Crippen LogP contribution in [-0.2, 0) is 14.8 Å². The topological polar surface area (TPSA) is 105 Å². The maximum absolute atomic E-state index is 12.2. The summed E-state index contributed by atoms with van der Waals surface area (Å²) in [7, 11) is -1.89. The number of anilines is 1. The molecule has 1 fully saturated rings. The molecule has 1 aromatic rings. The minimum absolute atomic E-state index is 0.0856. The monoisotopic (exact) mass is 388 g/mol. The SMILES string of the molecule is CNCCC1CCN(CC(=O)Nc2cc(S(N)(=O)=O)ccc2Cl)CC1. The van der Waals surface area contributed by atoms with Crippen LogP contribution in [0.3, 0.4) is 0 Å². The predicted molar refractivity (Wildman–Crippen MR) is 99.2 cm³/mol. The van der Waals surface area contributed by atoms with E-state index in [9.17, 15) is 13.2 Å². The molecule has 0 spiro atoms. The fourth-order valence-electron chi connectivity index (χ4n) is 2.95. The molecule has 0 aliphatic carbocycles. The van der Waals surface area contributed by atoms with E-state index in [1.807, 2.05) is 7.05 Å². The molecular formula is C16H25ClN4O3S. The van der Waals surface area contributed by atoms with Gasteiger partial charge in [0.25, 0.3) is 0 Å². The zero-order chi connectivity index (χ0) is 18.4. The number of halogens is 1. The summed E-state index contributed by atoms with van der Waals surface area (Å²) in [6.07, 6.45) is 3.32. The Morgan fingerprint density at radius 1 is 1.36 bits per heavy atom. The Labute approximate surface area is 154 Å². The number of primary sulfonamides is 1. The van der Waals surface area contributed by atoms with Crippen molar-refractivity contribution in [2.75, 3.05) is 38.5 Å². The van der Waals surface area contributed by atoms with Crippen molar-refractivity contribution in [1.82, 2.24) is 10.2 Å². The second-order valence-electron chi connectivity index (χ2n) is 6.35. The van der Waals surface area contributed by atoms with Crippen LogP contribution in [0.1, 0.15) is 19.3 Å². The largest absolute Gasteiger partial charge is 0.324 e. The van der Waals surface area contributed by atoms with Crippen LogP contribution in [-0.4, -0.2) is 52.5 Å². The Bertz CT molecular complexity index is 703. The molecule has 25 heavy (non-hydrogen) atoms. The van der Waals surface area contributed by atoms with E-state index in [1.54, 1.807) is 0 Å². The molecule has 1 heterocycles. The second kappa shape index (κ2) is 8.95. The Hall–Kier alpha value is -1.19. The number of hydrogen-bond donors (Lipinski definition) is 3. The molecule has 7 nitrogen and oxygen atoms in total. The number of amides is 1. The number of nitrogens with two attached hydrogens (primary N) is 1. The first-order valence-corrected chi connectivity index (χ1v) is 10.2. The van der Waals surface area contributed by atoms with E-state index in [2.05, 4.69) is 15.5 Å². The van der Waals surface area contributed by atoms with Gasteiger partial charge in [-0.2, -0.15) is 0 Å². The average Bonchev–Trinajstić information content (AvgIpc) is 2.55. The molecule has 140 valence electrons. The Morgan fingerprint density at radius 2 is 2.04 bits per heavy atom. The molecule has 0 radical (unpaired) electrons. The van der Waals surface area contributed by atoms with Crippen molar-refractivity contribution in [3.8, 4) is 0 Å². The van der Waals surface area contributed by atoms with Crippen LogP contribution in [0, 0.1) is 5.92 Å². The number of nitrogens with one attached hydrogen (secondary N) is 2. The number of carbonyl (C=O) groups is 1. The third-order valence-corrected chi connectivity index (χ3v) is 5.66. The molecule has 1 amide bonds. The van der Waals surface area contributed by atoms with Gasteiger partial charge in [0, 0.05) is 0 Å².